The summed E-state index contributed by atoms with van der Waals surface area (Å²) in [5.74, 6) is 0.412. The molecule has 1 heterocycles. The lowest BCUT2D eigenvalue weighted by Crippen LogP contribution is -2.37. The zero-order valence-corrected chi connectivity index (χ0v) is 10.4. The lowest BCUT2D eigenvalue weighted by molar-refractivity contribution is -0.122. The van der Waals surface area contributed by atoms with Crippen molar-refractivity contribution in [3.63, 3.8) is 0 Å². The van der Waals surface area contributed by atoms with E-state index in [-0.39, 0.29) is 0 Å². The van der Waals surface area contributed by atoms with Crippen molar-refractivity contribution >= 4 is 11.8 Å². The maximum atomic E-state index is 11.9. The molecule has 1 aromatic heterocycles. The van der Waals surface area contributed by atoms with Gasteiger partial charge in [-0.05, 0) is 13.3 Å². The maximum Gasteiger partial charge on any atom is 0.405 e. The molecule has 18 heavy (non-hydrogen) atoms. The van der Waals surface area contributed by atoms with Crippen molar-refractivity contribution in [2.75, 3.05) is 11.9 Å². The van der Waals surface area contributed by atoms with Gasteiger partial charge in [-0.3, -0.25) is 10.00 Å². The molecule has 0 unspecified atom stereocenters. The first kappa shape index (κ1) is 14.3. The van der Waals surface area contributed by atoms with Gasteiger partial charge in [0, 0.05) is 12.6 Å². The molecule has 1 aromatic rings. The summed E-state index contributed by atoms with van der Waals surface area (Å²) in [6.45, 7) is 2.29. The van der Waals surface area contributed by atoms with Crippen LogP contribution in [0.25, 0.3) is 0 Å². The third-order valence-corrected chi connectivity index (χ3v) is 2.38. The van der Waals surface area contributed by atoms with Crippen LogP contribution >= 0.6 is 0 Å². The Hall–Kier alpha value is -1.73. The highest BCUT2D eigenvalue weighted by atomic mass is 19.4. The molecule has 8 heteroatoms. The molecule has 5 nitrogen and oxygen atoms in total. The van der Waals surface area contributed by atoms with Gasteiger partial charge in [0.25, 0.3) is 0 Å². The van der Waals surface area contributed by atoms with Gasteiger partial charge >= 0.3 is 12.2 Å². The standard InChI is InChI=1S/C10H15F3N4O/c1-4-7-6(2)16-17(3)8(7)15-9(18)14-5-10(11,12)13/h4-5H2,1-3H3,(H2,14,15,18). The van der Waals surface area contributed by atoms with Crippen molar-refractivity contribution in [2.45, 2.75) is 26.4 Å². The monoisotopic (exact) mass is 264 g/mol. The summed E-state index contributed by atoms with van der Waals surface area (Å²) in [6.07, 6.45) is -3.79. The van der Waals surface area contributed by atoms with Crippen LogP contribution in [-0.2, 0) is 13.5 Å². The van der Waals surface area contributed by atoms with Crippen molar-refractivity contribution in [3.8, 4) is 0 Å². The molecule has 0 fully saturated rings. The Morgan fingerprint density at radius 3 is 2.56 bits per heavy atom. The number of hydrogen-bond donors (Lipinski definition) is 2. The third-order valence-electron chi connectivity index (χ3n) is 2.38. The molecule has 0 aliphatic carbocycles. The summed E-state index contributed by atoms with van der Waals surface area (Å²) in [5.41, 5.74) is 1.55. The Kier molecular flexibility index (Phi) is 4.20. The van der Waals surface area contributed by atoms with Crippen LogP contribution < -0.4 is 10.6 Å². The fourth-order valence-corrected chi connectivity index (χ4v) is 1.61. The molecular weight excluding hydrogens is 249 g/mol. The molecule has 2 N–H and O–H groups in total. The van der Waals surface area contributed by atoms with Crippen LogP contribution in [0.2, 0.25) is 0 Å². The molecule has 2 amide bonds. The molecule has 0 aliphatic heterocycles. The number of hydrogen-bond acceptors (Lipinski definition) is 2. The predicted octanol–water partition coefficient (Wildman–Crippen LogP) is 1.97. The molecule has 0 aromatic carbocycles. The number of amides is 2. The number of aromatic nitrogens is 2. The van der Waals surface area contributed by atoms with Crippen LogP contribution in [0.5, 0.6) is 0 Å². The zero-order valence-electron chi connectivity index (χ0n) is 10.4. The molecule has 0 radical (unpaired) electrons. The van der Waals surface area contributed by atoms with Crippen LogP contribution in [0.15, 0.2) is 0 Å². The number of halogens is 3. The lowest BCUT2D eigenvalue weighted by Gasteiger charge is -2.11. The van der Waals surface area contributed by atoms with Gasteiger partial charge < -0.3 is 5.32 Å². The molecular formula is C10H15F3N4O. The Labute approximate surface area is 102 Å². The van der Waals surface area contributed by atoms with Crippen LogP contribution in [0.4, 0.5) is 23.8 Å². The maximum absolute atomic E-state index is 11.9. The number of carbonyl (C=O) groups excluding carboxylic acids is 1. The molecule has 102 valence electrons. The number of rotatable bonds is 3. The second-order valence-corrected chi connectivity index (χ2v) is 3.81. The predicted molar refractivity (Wildman–Crippen MR) is 60.4 cm³/mol. The number of aryl methyl sites for hydroxylation is 2. The molecule has 0 saturated heterocycles. The van der Waals surface area contributed by atoms with Gasteiger partial charge in [0.15, 0.2) is 0 Å². The zero-order chi connectivity index (χ0) is 13.9. The summed E-state index contributed by atoms with van der Waals surface area (Å²) in [7, 11) is 1.62. The van der Waals surface area contributed by atoms with Gasteiger partial charge in [0.1, 0.15) is 12.4 Å². The first-order valence-corrected chi connectivity index (χ1v) is 5.38. The van der Waals surface area contributed by atoms with Gasteiger partial charge in [-0.2, -0.15) is 18.3 Å². The van der Waals surface area contributed by atoms with Gasteiger partial charge in [-0.15, -0.1) is 0 Å². The van der Waals surface area contributed by atoms with E-state index in [4.69, 9.17) is 0 Å². The number of anilines is 1. The Morgan fingerprint density at radius 1 is 1.44 bits per heavy atom. The van der Waals surface area contributed by atoms with Gasteiger partial charge in [0.2, 0.25) is 0 Å². The van der Waals surface area contributed by atoms with Crippen molar-refractivity contribution < 1.29 is 18.0 Å². The molecule has 0 aliphatic rings. The number of nitrogens with one attached hydrogen (secondary N) is 2. The Balaban J connectivity index is 2.70. The van der Waals surface area contributed by atoms with Crippen molar-refractivity contribution in [1.29, 1.82) is 0 Å². The minimum absolute atomic E-state index is 0.412. The normalized spacial score (nSPS) is 11.4. The van der Waals surface area contributed by atoms with Crippen LogP contribution in [-0.4, -0.2) is 28.5 Å². The Morgan fingerprint density at radius 2 is 2.06 bits per heavy atom. The van der Waals surface area contributed by atoms with Gasteiger partial charge in [-0.25, -0.2) is 4.79 Å². The highest BCUT2D eigenvalue weighted by molar-refractivity contribution is 5.89. The van der Waals surface area contributed by atoms with Crippen molar-refractivity contribution in [3.05, 3.63) is 11.3 Å². The van der Waals surface area contributed by atoms with Crippen molar-refractivity contribution in [2.24, 2.45) is 7.05 Å². The topological polar surface area (TPSA) is 59.0 Å². The number of carbonyl (C=O) groups is 1. The van der Waals surface area contributed by atoms with E-state index in [2.05, 4.69) is 10.4 Å². The smallest absolute Gasteiger partial charge is 0.329 e. The minimum Gasteiger partial charge on any atom is -0.329 e. The van der Waals surface area contributed by atoms with Gasteiger partial charge in [-0.1, -0.05) is 6.92 Å². The SMILES string of the molecule is CCc1c(C)nn(C)c1NC(=O)NCC(F)(F)F. The molecule has 1 rings (SSSR count). The van der Waals surface area contributed by atoms with E-state index in [1.165, 1.54) is 4.68 Å². The quantitative estimate of drug-likeness (QED) is 0.877. The summed E-state index contributed by atoms with van der Waals surface area (Å²) in [4.78, 5) is 11.3. The molecule has 0 bridgehead atoms. The van der Waals surface area contributed by atoms with E-state index in [0.717, 1.165) is 11.3 Å². The molecule has 0 spiro atoms. The molecule has 0 saturated carbocycles. The van der Waals surface area contributed by atoms with Crippen LogP contribution in [0.3, 0.4) is 0 Å². The molecule has 0 atom stereocenters. The van der Waals surface area contributed by atoms with E-state index in [1.54, 1.807) is 19.3 Å². The van der Waals surface area contributed by atoms with Crippen LogP contribution in [0.1, 0.15) is 18.2 Å². The first-order chi connectivity index (χ1) is 8.24. The second kappa shape index (κ2) is 5.28. The van der Waals surface area contributed by atoms with E-state index in [1.807, 2.05) is 6.92 Å². The largest absolute Gasteiger partial charge is 0.405 e. The number of urea groups is 1. The van der Waals surface area contributed by atoms with Crippen LogP contribution in [0, 0.1) is 6.92 Å². The van der Waals surface area contributed by atoms with Crippen molar-refractivity contribution in [1.82, 2.24) is 15.1 Å². The summed E-state index contributed by atoms with van der Waals surface area (Å²) >= 11 is 0. The van der Waals surface area contributed by atoms with Gasteiger partial charge in [0.05, 0.1) is 5.69 Å². The summed E-state index contributed by atoms with van der Waals surface area (Å²) in [5, 5.41) is 8.21. The summed E-state index contributed by atoms with van der Waals surface area (Å²) < 4.78 is 37.2. The Bertz CT molecular complexity index is 439. The fraction of sp³-hybridized carbons (Fsp3) is 0.600. The van der Waals surface area contributed by atoms with E-state index < -0.39 is 18.8 Å². The number of nitrogens with zero attached hydrogens (tertiary/aromatic N) is 2. The summed E-state index contributed by atoms with van der Waals surface area (Å²) in [6, 6.07) is -0.898. The number of alkyl halides is 3. The fourth-order valence-electron chi connectivity index (χ4n) is 1.61. The highest BCUT2D eigenvalue weighted by Gasteiger charge is 2.28. The third kappa shape index (κ3) is 3.64. The first-order valence-electron chi connectivity index (χ1n) is 5.38. The lowest BCUT2D eigenvalue weighted by atomic mass is 10.2. The highest BCUT2D eigenvalue weighted by Crippen LogP contribution is 2.19. The van der Waals surface area contributed by atoms with E-state index >= 15 is 0 Å². The van der Waals surface area contributed by atoms with E-state index in [9.17, 15) is 18.0 Å². The minimum atomic E-state index is -4.42. The van der Waals surface area contributed by atoms with E-state index in [0.29, 0.717) is 12.2 Å². The average molecular weight is 264 g/mol. The second-order valence-electron chi connectivity index (χ2n) is 3.81. The average Bonchev–Trinajstić information content (AvgIpc) is 2.50.